The quantitative estimate of drug-likeness (QED) is 0.600. The highest BCUT2D eigenvalue weighted by molar-refractivity contribution is 7.87. The van der Waals surface area contributed by atoms with Crippen LogP contribution in [0.3, 0.4) is 0 Å². The molecule has 0 saturated heterocycles. The van der Waals surface area contributed by atoms with Gasteiger partial charge in [-0.15, -0.1) is 0 Å². The van der Waals surface area contributed by atoms with Gasteiger partial charge in [-0.2, -0.15) is 12.7 Å². The first-order valence-electron chi connectivity index (χ1n) is 9.18. The fraction of sp³-hybridized carbons (Fsp3) is 0.444. The van der Waals surface area contributed by atoms with Crippen LogP contribution in [0.1, 0.15) is 24.7 Å². The number of pyridine rings is 1. The van der Waals surface area contributed by atoms with E-state index in [-0.39, 0.29) is 6.04 Å². The number of rotatable bonds is 6. The molecule has 3 aromatic rings. The van der Waals surface area contributed by atoms with Gasteiger partial charge in [-0.3, -0.25) is 0 Å². The lowest BCUT2D eigenvalue weighted by Crippen LogP contribution is -2.36. The summed E-state index contributed by atoms with van der Waals surface area (Å²) >= 11 is 0. The summed E-state index contributed by atoms with van der Waals surface area (Å²) in [7, 11) is -0.402. The number of anilines is 1. The number of imidazole rings is 1. The van der Waals surface area contributed by atoms with Crippen molar-refractivity contribution in [2.75, 3.05) is 33.0 Å². The number of para-hydroxylation sites is 1. The standard InChI is InChI=1S/C18H24N6O3S/c1-23(2)28(25,26)20-9-5-6-12-10-27-11-15-22-16-17(24(12)15)13-7-3-4-8-14(13)21-18(16)19/h3-4,7-8,12,20H,5-6,9-11H2,1-2H3,(H2,19,21)/t12-/m1/s1. The van der Waals surface area contributed by atoms with E-state index in [1.165, 1.54) is 18.4 Å². The minimum atomic E-state index is -3.41. The molecule has 0 unspecified atom stereocenters. The topological polar surface area (TPSA) is 115 Å². The molecule has 3 heterocycles. The molecular formula is C18H24N6O3S. The molecule has 28 heavy (non-hydrogen) atoms. The molecule has 9 nitrogen and oxygen atoms in total. The molecule has 1 aliphatic heterocycles. The molecule has 0 aliphatic carbocycles. The summed E-state index contributed by atoms with van der Waals surface area (Å²) in [5.41, 5.74) is 8.67. The van der Waals surface area contributed by atoms with Gasteiger partial charge in [0, 0.05) is 26.0 Å². The van der Waals surface area contributed by atoms with Crippen molar-refractivity contribution in [2.24, 2.45) is 0 Å². The third kappa shape index (κ3) is 3.32. The van der Waals surface area contributed by atoms with E-state index >= 15 is 0 Å². The van der Waals surface area contributed by atoms with Crippen molar-refractivity contribution >= 4 is 38.0 Å². The van der Waals surface area contributed by atoms with Gasteiger partial charge in [0.15, 0.2) is 5.82 Å². The molecule has 0 spiro atoms. The van der Waals surface area contributed by atoms with E-state index in [1.807, 2.05) is 24.3 Å². The third-order valence-electron chi connectivity index (χ3n) is 5.01. The molecule has 2 aromatic heterocycles. The second-order valence-corrected chi connectivity index (χ2v) is 9.07. The normalized spacial score (nSPS) is 17.5. The highest BCUT2D eigenvalue weighted by Crippen LogP contribution is 2.34. The smallest absolute Gasteiger partial charge is 0.278 e. The van der Waals surface area contributed by atoms with Gasteiger partial charge in [0.2, 0.25) is 0 Å². The predicted molar refractivity (Wildman–Crippen MR) is 108 cm³/mol. The summed E-state index contributed by atoms with van der Waals surface area (Å²) in [4.78, 5) is 9.15. The summed E-state index contributed by atoms with van der Waals surface area (Å²) in [5.74, 6) is 1.23. The SMILES string of the molecule is CN(C)S(=O)(=O)NCCC[C@@H]1COCc2nc3c(N)nc4ccccc4c3n21. The van der Waals surface area contributed by atoms with Crippen molar-refractivity contribution in [3.05, 3.63) is 30.1 Å². The Kier molecular flexibility index (Phi) is 4.96. The zero-order valence-corrected chi connectivity index (χ0v) is 16.7. The molecule has 0 radical (unpaired) electrons. The van der Waals surface area contributed by atoms with Crippen LogP contribution in [0.25, 0.3) is 21.9 Å². The molecule has 0 bridgehead atoms. The van der Waals surface area contributed by atoms with Gasteiger partial charge in [0.05, 0.1) is 23.7 Å². The van der Waals surface area contributed by atoms with Gasteiger partial charge in [-0.1, -0.05) is 18.2 Å². The second-order valence-electron chi connectivity index (χ2n) is 7.10. The van der Waals surface area contributed by atoms with Crippen molar-refractivity contribution in [3.63, 3.8) is 0 Å². The number of nitrogens with two attached hydrogens (primary N) is 1. The summed E-state index contributed by atoms with van der Waals surface area (Å²) in [6.45, 7) is 1.34. The van der Waals surface area contributed by atoms with Gasteiger partial charge in [0.1, 0.15) is 17.9 Å². The molecule has 0 saturated carbocycles. The van der Waals surface area contributed by atoms with Crippen molar-refractivity contribution in [1.82, 2.24) is 23.6 Å². The highest BCUT2D eigenvalue weighted by atomic mass is 32.2. The van der Waals surface area contributed by atoms with Crippen molar-refractivity contribution < 1.29 is 13.2 Å². The largest absolute Gasteiger partial charge is 0.382 e. The Morgan fingerprint density at radius 3 is 2.89 bits per heavy atom. The Balaban J connectivity index is 1.64. The summed E-state index contributed by atoms with van der Waals surface area (Å²) in [5, 5.41) is 1.01. The Labute approximate surface area is 163 Å². The lowest BCUT2D eigenvalue weighted by Gasteiger charge is -2.26. The molecule has 0 amide bonds. The molecule has 3 N–H and O–H groups in total. The Hall–Kier alpha value is -2.27. The Morgan fingerprint density at radius 1 is 1.32 bits per heavy atom. The molecule has 0 fully saturated rings. The predicted octanol–water partition coefficient (Wildman–Crippen LogP) is 1.41. The van der Waals surface area contributed by atoms with Crippen LogP contribution in [0, 0.1) is 0 Å². The first-order valence-corrected chi connectivity index (χ1v) is 10.6. The van der Waals surface area contributed by atoms with Crippen LogP contribution >= 0.6 is 0 Å². The number of benzene rings is 1. The minimum absolute atomic E-state index is 0.0582. The van der Waals surface area contributed by atoms with Crippen LogP contribution < -0.4 is 10.5 Å². The lowest BCUT2D eigenvalue weighted by atomic mass is 10.1. The first kappa shape index (κ1) is 19.1. The van der Waals surface area contributed by atoms with E-state index in [9.17, 15) is 8.42 Å². The van der Waals surface area contributed by atoms with Crippen molar-refractivity contribution in [1.29, 1.82) is 0 Å². The van der Waals surface area contributed by atoms with E-state index in [0.717, 1.165) is 28.7 Å². The van der Waals surface area contributed by atoms with E-state index < -0.39 is 10.2 Å². The Bertz CT molecular complexity index is 1130. The van der Waals surface area contributed by atoms with Crippen molar-refractivity contribution in [2.45, 2.75) is 25.5 Å². The molecule has 10 heteroatoms. The molecule has 1 aromatic carbocycles. The van der Waals surface area contributed by atoms with Gasteiger partial charge in [-0.25, -0.2) is 14.7 Å². The van der Waals surface area contributed by atoms with Crippen LogP contribution in [0.4, 0.5) is 5.82 Å². The minimum Gasteiger partial charge on any atom is -0.382 e. The summed E-state index contributed by atoms with van der Waals surface area (Å²) in [6.07, 6.45) is 1.43. The number of hydrogen-bond acceptors (Lipinski definition) is 6. The van der Waals surface area contributed by atoms with Gasteiger partial charge in [0.25, 0.3) is 10.2 Å². The summed E-state index contributed by atoms with van der Waals surface area (Å²) < 4.78 is 35.4. The van der Waals surface area contributed by atoms with E-state index in [4.69, 9.17) is 10.5 Å². The maximum atomic E-state index is 11.9. The second kappa shape index (κ2) is 7.28. The third-order valence-corrected chi connectivity index (χ3v) is 6.54. The monoisotopic (exact) mass is 404 g/mol. The van der Waals surface area contributed by atoms with Gasteiger partial charge >= 0.3 is 0 Å². The maximum Gasteiger partial charge on any atom is 0.278 e. The molecule has 4 rings (SSSR count). The summed E-state index contributed by atoms with van der Waals surface area (Å²) in [6, 6.07) is 7.93. The molecular weight excluding hydrogens is 380 g/mol. The van der Waals surface area contributed by atoms with E-state index in [1.54, 1.807) is 0 Å². The number of fused-ring (bicyclic) bond motifs is 5. The molecule has 1 aliphatic rings. The molecule has 1 atom stereocenters. The van der Waals surface area contributed by atoms with Crippen LogP contribution in [0.5, 0.6) is 0 Å². The maximum absolute atomic E-state index is 11.9. The number of nitrogens with zero attached hydrogens (tertiary/aromatic N) is 4. The zero-order valence-electron chi connectivity index (χ0n) is 15.9. The first-order chi connectivity index (χ1) is 13.4. The number of nitrogen functional groups attached to an aromatic ring is 1. The number of hydrogen-bond donors (Lipinski definition) is 2. The number of nitrogens with one attached hydrogen (secondary N) is 1. The van der Waals surface area contributed by atoms with Crippen LogP contribution in [-0.2, 0) is 21.6 Å². The lowest BCUT2D eigenvalue weighted by molar-refractivity contribution is 0.0534. The van der Waals surface area contributed by atoms with E-state index in [0.29, 0.717) is 37.5 Å². The number of ether oxygens (including phenoxy) is 1. The average molecular weight is 404 g/mol. The van der Waals surface area contributed by atoms with E-state index in [2.05, 4.69) is 19.3 Å². The zero-order chi connectivity index (χ0) is 19.9. The van der Waals surface area contributed by atoms with Crippen LogP contribution in [0.15, 0.2) is 24.3 Å². The number of aromatic nitrogens is 3. The van der Waals surface area contributed by atoms with Crippen LogP contribution in [-0.4, -0.2) is 54.5 Å². The van der Waals surface area contributed by atoms with Crippen molar-refractivity contribution in [3.8, 4) is 0 Å². The van der Waals surface area contributed by atoms with Gasteiger partial charge < -0.3 is 15.0 Å². The Morgan fingerprint density at radius 2 is 2.11 bits per heavy atom. The van der Waals surface area contributed by atoms with Gasteiger partial charge in [-0.05, 0) is 18.9 Å². The fourth-order valence-corrected chi connectivity index (χ4v) is 4.27. The molecule has 150 valence electrons. The average Bonchev–Trinajstić information content (AvgIpc) is 3.06. The fourth-order valence-electron chi connectivity index (χ4n) is 3.61. The highest BCUT2D eigenvalue weighted by Gasteiger charge is 2.26. The van der Waals surface area contributed by atoms with Crippen LogP contribution in [0.2, 0.25) is 0 Å².